The number of hydrogen-bond donors (Lipinski definition) is 1. The van der Waals surface area contributed by atoms with Crippen LogP contribution in [0.5, 0.6) is 0 Å². The molecule has 27 heavy (non-hydrogen) atoms. The molecule has 1 N–H and O–H groups in total. The summed E-state index contributed by atoms with van der Waals surface area (Å²) in [4.78, 5) is 49.2. The summed E-state index contributed by atoms with van der Waals surface area (Å²) < 4.78 is 17.8. The predicted molar refractivity (Wildman–Crippen MR) is 93.1 cm³/mol. The molecule has 1 heterocycles. The Kier molecular flexibility index (Phi) is 5.55. The van der Waals surface area contributed by atoms with Crippen molar-refractivity contribution in [2.24, 2.45) is 11.8 Å². The Balaban J connectivity index is 1.50. The molecule has 3 rings (SSSR count). The van der Waals surface area contributed by atoms with E-state index in [4.69, 9.17) is 16.3 Å². The number of nitrogens with one attached hydrogen (secondary N) is 1. The van der Waals surface area contributed by atoms with E-state index in [1.54, 1.807) is 0 Å². The minimum Gasteiger partial charge on any atom is -0.454 e. The number of esters is 1. The number of allylic oxidation sites excluding steroid dienone is 2. The van der Waals surface area contributed by atoms with Gasteiger partial charge in [0.2, 0.25) is 11.8 Å². The average molecular weight is 395 g/mol. The van der Waals surface area contributed by atoms with Crippen LogP contribution in [-0.2, 0) is 23.9 Å². The van der Waals surface area contributed by atoms with Crippen LogP contribution in [0.3, 0.4) is 0 Å². The lowest BCUT2D eigenvalue weighted by Gasteiger charge is -2.14. The van der Waals surface area contributed by atoms with Gasteiger partial charge in [0.15, 0.2) is 6.61 Å². The van der Waals surface area contributed by atoms with Gasteiger partial charge < -0.3 is 10.1 Å². The second kappa shape index (κ2) is 7.87. The number of imide groups is 1. The van der Waals surface area contributed by atoms with Crippen molar-refractivity contribution in [3.05, 3.63) is 41.2 Å². The Bertz CT molecular complexity index is 815. The van der Waals surface area contributed by atoms with Gasteiger partial charge in [-0.15, -0.1) is 0 Å². The normalized spacial score (nSPS) is 21.2. The lowest BCUT2D eigenvalue weighted by Crippen LogP contribution is -2.37. The van der Waals surface area contributed by atoms with E-state index in [9.17, 15) is 23.6 Å². The number of rotatable bonds is 5. The number of amides is 3. The van der Waals surface area contributed by atoms with Crippen LogP contribution in [0.25, 0.3) is 0 Å². The molecule has 0 saturated carbocycles. The van der Waals surface area contributed by atoms with E-state index in [0.717, 1.165) is 17.0 Å². The number of likely N-dealkylation sites (tertiary alicyclic amines) is 1. The Morgan fingerprint density at radius 2 is 1.81 bits per heavy atom. The van der Waals surface area contributed by atoms with Gasteiger partial charge in [-0.3, -0.25) is 24.1 Å². The van der Waals surface area contributed by atoms with Gasteiger partial charge in [-0.1, -0.05) is 23.8 Å². The highest BCUT2D eigenvalue weighted by Crippen LogP contribution is 2.34. The molecule has 0 spiro atoms. The van der Waals surface area contributed by atoms with Crippen LogP contribution in [0, 0.1) is 17.7 Å². The molecule has 1 aliphatic heterocycles. The third kappa shape index (κ3) is 4.16. The fourth-order valence-corrected chi connectivity index (χ4v) is 3.34. The van der Waals surface area contributed by atoms with Crippen LogP contribution < -0.4 is 5.32 Å². The second-order valence-corrected chi connectivity index (χ2v) is 6.66. The monoisotopic (exact) mass is 394 g/mol. The summed E-state index contributed by atoms with van der Waals surface area (Å²) in [6.07, 6.45) is 4.64. The predicted octanol–water partition coefficient (Wildman–Crippen LogP) is 1.91. The number of anilines is 1. The molecule has 7 nitrogen and oxygen atoms in total. The van der Waals surface area contributed by atoms with Gasteiger partial charge in [-0.05, 0) is 31.0 Å². The summed E-state index contributed by atoms with van der Waals surface area (Å²) in [7, 11) is 0. The second-order valence-electron chi connectivity index (χ2n) is 6.25. The van der Waals surface area contributed by atoms with Gasteiger partial charge in [0.05, 0.1) is 22.5 Å². The maximum Gasteiger partial charge on any atom is 0.326 e. The lowest BCUT2D eigenvalue weighted by molar-refractivity contribution is -0.154. The molecule has 1 aromatic rings. The van der Waals surface area contributed by atoms with Crippen LogP contribution in [0.2, 0.25) is 5.02 Å². The fraction of sp³-hybridized carbons (Fsp3) is 0.333. The molecule has 2 aliphatic rings. The Labute approximate surface area is 159 Å². The first kappa shape index (κ1) is 19.0. The molecule has 0 radical (unpaired) electrons. The molecule has 0 unspecified atom stereocenters. The first-order valence-electron chi connectivity index (χ1n) is 8.27. The van der Waals surface area contributed by atoms with Crippen molar-refractivity contribution in [1.29, 1.82) is 0 Å². The van der Waals surface area contributed by atoms with E-state index in [-0.39, 0.29) is 10.7 Å². The zero-order valence-corrected chi connectivity index (χ0v) is 14.9. The summed E-state index contributed by atoms with van der Waals surface area (Å²) >= 11 is 5.79. The van der Waals surface area contributed by atoms with Crippen molar-refractivity contribution >= 4 is 41.0 Å². The maximum absolute atomic E-state index is 13.0. The summed E-state index contributed by atoms with van der Waals surface area (Å²) in [6, 6.07) is 3.42. The number of fused-ring (bicyclic) bond motifs is 1. The number of nitrogens with zero attached hydrogens (tertiary/aromatic N) is 1. The molecule has 1 aliphatic carbocycles. The zero-order valence-electron chi connectivity index (χ0n) is 14.1. The number of halogens is 2. The molecule has 9 heteroatoms. The SMILES string of the molecule is O=C(COC(=O)CN1C(=O)[C@H]2CC=CC[C@H]2C1=O)Nc1ccc(F)cc1Cl. The number of ether oxygens (including phenoxy) is 1. The number of hydrogen-bond acceptors (Lipinski definition) is 5. The molecule has 0 bridgehead atoms. The first-order chi connectivity index (χ1) is 12.9. The van der Waals surface area contributed by atoms with Gasteiger partial charge >= 0.3 is 5.97 Å². The molecular formula is C18H16ClFN2O5. The minimum atomic E-state index is -0.872. The van der Waals surface area contributed by atoms with E-state index >= 15 is 0 Å². The molecule has 2 atom stereocenters. The molecule has 142 valence electrons. The van der Waals surface area contributed by atoms with Crippen LogP contribution in [0.15, 0.2) is 30.4 Å². The summed E-state index contributed by atoms with van der Waals surface area (Å²) in [5, 5.41) is 2.37. The molecule has 0 aromatic heterocycles. The van der Waals surface area contributed by atoms with E-state index in [2.05, 4.69) is 5.32 Å². The quantitative estimate of drug-likeness (QED) is 0.468. The Morgan fingerprint density at radius 3 is 2.41 bits per heavy atom. The van der Waals surface area contributed by atoms with Gasteiger partial charge in [0.1, 0.15) is 12.4 Å². The summed E-state index contributed by atoms with van der Waals surface area (Å²) in [5.41, 5.74) is 0.167. The van der Waals surface area contributed by atoms with Gasteiger partial charge in [-0.2, -0.15) is 0 Å². The minimum absolute atomic E-state index is 0.000786. The third-order valence-electron chi connectivity index (χ3n) is 4.46. The summed E-state index contributed by atoms with van der Waals surface area (Å²) in [5.74, 6) is -3.77. The van der Waals surface area contributed by atoms with Crippen LogP contribution in [-0.4, -0.2) is 41.7 Å². The number of carbonyl (C=O) groups excluding carboxylic acids is 4. The number of carbonyl (C=O) groups is 4. The van der Waals surface area contributed by atoms with Crippen LogP contribution in [0.4, 0.5) is 10.1 Å². The largest absolute Gasteiger partial charge is 0.454 e. The fourth-order valence-electron chi connectivity index (χ4n) is 3.12. The Morgan fingerprint density at radius 1 is 1.19 bits per heavy atom. The number of benzene rings is 1. The molecule has 1 saturated heterocycles. The van der Waals surface area contributed by atoms with Crippen molar-refractivity contribution in [2.75, 3.05) is 18.5 Å². The lowest BCUT2D eigenvalue weighted by atomic mass is 9.85. The third-order valence-corrected chi connectivity index (χ3v) is 4.77. The molecule has 1 fully saturated rings. The van der Waals surface area contributed by atoms with Gasteiger partial charge in [0, 0.05) is 0 Å². The highest BCUT2D eigenvalue weighted by molar-refractivity contribution is 6.33. The zero-order chi connectivity index (χ0) is 19.6. The van der Waals surface area contributed by atoms with E-state index < -0.39 is 54.5 Å². The summed E-state index contributed by atoms with van der Waals surface area (Å²) in [6.45, 7) is -1.16. The topological polar surface area (TPSA) is 92.8 Å². The standard InChI is InChI=1S/C18H16ClFN2O5/c19-13-7-10(20)5-6-14(13)21-15(23)9-27-16(24)8-22-17(25)11-3-1-2-4-12(11)18(22)26/h1-2,5-7,11-12H,3-4,8-9H2,(H,21,23)/t11-,12+. The van der Waals surface area contributed by atoms with E-state index in [1.807, 2.05) is 12.2 Å². The van der Waals surface area contributed by atoms with Crippen molar-refractivity contribution < 1.29 is 28.3 Å². The van der Waals surface area contributed by atoms with Crippen molar-refractivity contribution in [3.63, 3.8) is 0 Å². The van der Waals surface area contributed by atoms with E-state index in [1.165, 1.54) is 6.07 Å². The van der Waals surface area contributed by atoms with Crippen LogP contribution >= 0.6 is 11.6 Å². The molecular weight excluding hydrogens is 379 g/mol. The van der Waals surface area contributed by atoms with E-state index in [0.29, 0.717) is 12.8 Å². The highest BCUT2D eigenvalue weighted by Gasteiger charge is 2.47. The van der Waals surface area contributed by atoms with Gasteiger partial charge in [0.25, 0.3) is 5.91 Å². The first-order valence-corrected chi connectivity index (χ1v) is 8.65. The van der Waals surface area contributed by atoms with Crippen LogP contribution in [0.1, 0.15) is 12.8 Å². The molecule has 3 amide bonds. The molecule has 1 aromatic carbocycles. The van der Waals surface area contributed by atoms with Gasteiger partial charge in [-0.25, -0.2) is 4.39 Å². The van der Waals surface area contributed by atoms with Crippen molar-refractivity contribution in [2.45, 2.75) is 12.8 Å². The highest BCUT2D eigenvalue weighted by atomic mass is 35.5. The smallest absolute Gasteiger partial charge is 0.326 e. The Hall–Kier alpha value is -2.74. The maximum atomic E-state index is 13.0. The van der Waals surface area contributed by atoms with Crippen molar-refractivity contribution in [3.8, 4) is 0 Å². The average Bonchev–Trinajstić information content (AvgIpc) is 2.88. The van der Waals surface area contributed by atoms with Crippen molar-refractivity contribution in [1.82, 2.24) is 4.90 Å².